The molecule has 5 heteroatoms. The number of hydrogen-bond acceptors (Lipinski definition) is 3. The molecule has 0 aromatic heterocycles. The lowest BCUT2D eigenvalue weighted by atomic mass is 9.71. The Bertz CT molecular complexity index is 347. The van der Waals surface area contributed by atoms with Crippen LogP contribution in [0.5, 0.6) is 0 Å². The molecule has 0 aromatic carbocycles. The minimum absolute atomic E-state index is 0.0829. The summed E-state index contributed by atoms with van der Waals surface area (Å²) in [5.74, 6) is 0.305. The summed E-state index contributed by atoms with van der Waals surface area (Å²) in [6.07, 6.45) is 8.08. The van der Waals surface area contributed by atoms with Crippen LogP contribution in [0.4, 0.5) is 0 Å². The molecule has 1 saturated carbocycles. The van der Waals surface area contributed by atoms with E-state index in [1.165, 1.54) is 18.6 Å². The van der Waals surface area contributed by atoms with Crippen molar-refractivity contribution in [2.45, 2.75) is 63.0 Å². The zero-order chi connectivity index (χ0) is 14.4. The van der Waals surface area contributed by atoms with Crippen molar-refractivity contribution in [2.24, 2.45) is 5.41 Å². The van der Waals surface area contributed by atoms with E-state index in [4.69, 9.17) is 0 Å². The average molecular weight is 299 g/mol. The standard InChI is InChI=1S/C15H25NO3S/c17-13(16-11-12-6-2-5-9-20-12)10-15(14(18)19)7-3-1-4-8-15/h12H,1-11H2,(H,16,17)(H,18,19). The van der Waals surface area contributed by atoms with Crippen LogP contribution in [0, 0.1) is 5.41 Å². The topological polar surface area (TPSA) is 66.4 Å². The summed E-state index contributed by atoms with van der Waals surface area (Å²) in [7, 11) is 0. The summed E-state index contributed by atoms with van der Waals surface area (Å²) in [5.41, 5.74) is -0.804. The monoisotopic (exact) mass is 299 g/mol. The predicted molar refractivity (Wildman–Crippen MR) is 80.9 cm³/mol. The fourth-order valence-electron chi connectivity index (χ4n) is 3.26. The number of amides is 1. The van der Waals surface area contributed by atoms with Crippen LogP contribution in [0.15, 0.2) is 0 Å². The van der Waals surface area contributed by atoms with Gasteiger partial charge in [-0.25, -0.2) is 0 Å². The summed E-state index contributed by atoms with van der Waals surface area (Å²) in [4.78, 5) is 23.6. The molecular weight excluding hydrogens is 274 g/mol. The van der Waals surface area contributed by atoms with Crippen molar-refractivity contribution >= 4 is 23.6 Å². The highest BCUT2D eigenvalue weighted by atomic mass is 32.2. The Morgan fingerprint density at radius 3 is 2.50 bits per heavy atom. The lowest BCUT2D eigenvalue weighted by Crippen LogP contribution is -2.40. The number of rotatable bonds is 5. The van der Waals surface area contributed by atoms with Crippen LogP contribution in [0.2, 0.25) is 0 Å². The van der Waals surface area contributed by atoms with Gasteiger partial charge in [0.1, 0.15) is 0 Å². The van der Waals surface area contributed by atoms with Gasteiger partial charge in [0.05, 0.1) is 5.41 Å². The first-order valence-corrected chi connectivity index (χ1v) is 8.79. The molecule has 1 atom stereocenters. The van der Waals surface area contributed by atoms with Gasteiger partial charge in [-0.3, -0.25) is 9.59 Å². The van der Waals surface area contributed by atoms with Crippen LogP contribution >= 0.6 is 11.8 Å². The lowest BCUT2D eigenvalue weighted by molar-refractivity contribution is -0.154. The maximum atomic E-state index is 12.1. The SMILES string of the molecule is O=C(CC1(C(=O)O)CCCCC1)NCC1CCCCS1. The molecule has 2 fully saturated rings. The second-order valence-electron chi connectivity index (χ2n) is 6.12. The molecule has 1 saturated heterocycles. The molecule has 1 aliphatic carbocycles. The Morgan fingerprint density at radius 1 is 1.15 bits per heavy atom. The second kappa shape index (κ2) is 7.34. The van der Waals surface area contributed by atoms with E-state index in [-0.39, 0.29) is 12.3 Å². The van der Waals surface area contributed by atoms with E-state index in [2.05, 4.69) is 5.32 Å². The Morgan fingerprint density at radius 2 is 1.90 bits per heavy atom. The summed E-state index contributed by atoms with van der Waals surface area (Å²) in [6, 6.07) is 0. The Hall–Kier alpha value is -0.710. The van der Waals surface area contributed by atoms with E-state index in [9.17, 15) is 14.7 Å². The third kappa shape index (κ3) is 4.14. The van der Waals surface area contributed by atoms with Crippen molar-refractivity contribution in [3.8, 4) is 0 Å². The molecule has 20 heavy (non-hydrogen) atoms. The van der Waals surface area contributed by atoms with Crippen molar-refractivity contribution < 1.29 is 14.7 Å². The van der Waals surface area contributed by atoms with Gasteiger partial charge in [0, 0.05) is 18.2 Å². The maximum absolute atomic E-state index is 12.1. The van der Waals surface area contributed by atoms with Gasteiger partial charge in [-0.15, -0.1) is 0 Å². The van der Waals surface area contributed by atoms with Gasteiger partial charge in [-0.05, 0) is 31.4 Å². The minimum atomic E-state index is -0.804. The van der Waals surface area contributed by atoms with Crippen LogP contribution in [0.1, 0.15) is 57.8 Å². The molecule has 1 heterocycles. The van der Waals surface area contributed by atoms with Gasteiger partial charge in [-0.2, -0.15) is 11.8 Å². The van der Waals surface area contributed by atoms with Gasteiger partial charge < -0.3 is 10.4 Å². The van der Waals surface area contributed by atoms with Crippen molar-refractivity contribution in [1.82, 2.24) is 5.32 Å². The fourth-order valence-corrected chi connectivity index (χ4v) is 4.50. The smallest absolute Gasteiger partial charge is 0.310 e. The number of carboxylic acid groups (broad SMARTS) is 1. The molecule has 114 valence electrons. The number of carboxylic acids is 1. The zero-order valence-electron chi connectivity index (χ0n) is 12.0. The van der Waals surface area contributed by atoms with Crippen LogP contribution in [0.3, 0.4) is 0 Å². The molecule has 4 nitrogen and oxygen atoms in total. The Labute approximate surface area is 125 Å². The fraction of sp³-hybridized carbons (Fsp3) is 0.867. The lowest BCUT2D eigenvalue weighted by Gasteiger charge is -2.32. The molecular formula is C15H25NO3S. The molecule has 0 bridgehead atoms. The third-order valence-electron chi connectivity index (χ3n) is 4.56. The highest BCUT2D eigenvalue weighted by molar-refractivity contribution is 7.99. The van der Waals surface area contributed by atoms with E-state index in [1.54, 1.807) is 0 Å². The van der Waals surface area contributed by atoms with Crippen molar-refractivity contribution in [3.63, 3.8) is 0 Å². The molecule has 1 amide bonds. The van der Waals surface area contributed by atoms with Crippen LogP contribution in [-0.4, -0.2) is 34.5 Å². The van der Waals surface area contributed by atoms with E-state index >= 15 is 0 Å². The summed E-state index contributed by atoms with van der Waals surface area (Å²) in [5, 5.41) is 12.9. The number of aliphatic carboxylic acids is 1. The first-order valence-electron chi connectivity index (χ1n) is 7.74. The molecule has 0 radical (unpaired) electrons. The number of carbonyl (C=O) groups excluding carboxylic acids is 1. The molecule has 1 unspecified atom stereocenters. The Kier molecular flexibility index (Phi) is 5.75. The number of nitrogens with one attached hydrogen (secondary N) is 1. The first-order chi connectivity index (χ1) is 9.62. The normalized spacial score (nSPS) is 25.9. The van der Waals surface area contributed by atoms with E-state index in [0.29, 0.717) is 24.6 Å². The van der Waals surface area contributed by atoms with E-state index in [0.717, 1.165) is 25.7 Å². The Balaban J connectivity index is 1.80. The molecule has 0 aromatic rings. The van der Waals surface area contributed by atoms with E-state index in [1.807, 2.05) is 11.8 Å². The van der Waals surface area contributed by atoms with Gasteiger partial charge in [0.2, 0.25) is 5.91 Å². The number of carbonyl (C=O) groups is 2. The summed E-state index contributed by atoms with van der Waals surface area (Å²) in [6.45, 7) is 0.694. The van der Waals surface area contributed by atoms with Crippen LogP contribution in [0.25, 0.3) is 0 Å². The quantitative estimate of drug-likeness (QED) is 0.819. The van der Waals surface area contributed by atoms with E-state index < -0.39 is 11.4 Å². The molecule has 2 rings (SSSR count). The second-order valence-corrected chi connectivity index (χ2v) is 7.52. The van der Waals surface area contributed by atoms with Crippen molar-refractivity contribution in [1.29, 1.82) is 0 Å². The molecule has 1 aliphatic heterocycles. The molecule has 2 N–H and O–H groups in total. The van der Waals surface area contributed by atoms with Crippen LogP contribution in [-0.2, 0) is 9.59 Å². The van der Waals surface area contributed by atoms with Gasteiger partial charge in [-0.1, -0.05) is 25.7 Å². The zero-order valence-corrected chi connectivity index (χ0v) is 12.8. The van der Waals surface area contributed by atoms with Crippen molar-refractivity contribution in [2.75, 3.05) is 12.3 Å². The highest BCUT2D eigenvalue weighted by Crippen LogP contribution is 2.39. The predicted octanol–water partition coefficient (Wildman–Crippen LogP) is 2.81. The third-order valence-corrected chi connectivity index (χ3v) is 5.96. The highest BCUT2D eigenvalue weighted by Gasteiger charge is 2.41. The minimum Gasteiger partial charge on any atom is -0.481 e. The largest absolute Gasteiger partial charge is 0.481 e. The maximum Gasteiger partial charge on any atom is 0.310 e. The van der Waals surface area contributed by atoms with Gasteiger partial charge >= 0.3 is 5.97 Å². The number of hydrogen-bond donors (Lipinski definition) is 2. The van der Waals surface area contributed by atoms with Crippen molar-refractivity contribution in [3.05, 3.63) is 0 Å². The number of thioether (sulfide) groups is 1. The van der Waals surface area contributed by atoms with Gasteiger partial charge in [0.25, 0.3) is 0 Å². The first kappa shape index (κ1) is 15.7. The molecule has 0 spiro atoms. The average Bonchev–Trinajstić information content (AvgIpc) is 2.47. The molecule has 2 aliphatic rings. The van der Waals surface area contributed by atoms with Crippen LogP contribution < -0.4 is 5.32 Å². The summed E-state index contributed by atoms with van der Waals surface area (Å²) >= 11 is 1.93. The van der Waals surface area contributed by atoms with Gasteiger partial charge in [0.15, 0.2) is 0 Å². The summed E-state index contributed by atoms with van der Waals surface area (Å²) < 4.78 is 0.